The highest BCUT2D eigenvalue weighted by atomic mass is 32.2. The molecule has 0 atom stereocenters. The average molecular weight is 654 g/mol. The van der Waals surface area contributed by atoms with Crippen molar-refractivity contribution in [3.8, 4) is 0 Å². The summed E-state index contributed by atoms with van der Waals surface area (Å²) < 4.78 is 22.4. The fourth-order valence-corrected chi connectivity index (χ4v) is 4.34. The third kappa shape index (κ3) is 14.5. The predicted molar refractivity (Wildman–Crippen MR) is 161 cm³/mol. The number of thioether (sulfide) groups is 1. The minimum Gasteiger partial charge on any atom is -0.465 e. The molecule has 17 heteroatoms. The summed E-state index contributed by atoms with van der Waals surface area (Å²) in [4.78, 5) is 85.9. The van der Waals surface area contributed by atoms with E-state index in [0.29, 0.717) is 18.1 Å². The van der Waals surface area contributed by atoms with E-state index < -0.39 is 35.0 Å². The quantitative estimate of drug-likeness (QED) is 0.0798. The number of rotatable bonds is 21. The summed E-state index contributed by atoms with van der Waals surface area (Å²) in [5, 5.41) is 0. The lowest BCUT2D eigenvalue weighted by molar-refractivity contribution is -0.144. The second-order valence-electron chi connectivity index (χ2n) is 9.10. The van der Waals surface area contributed by atoms with Gasteiger partial charge in [0.1, 0.15) is 19.8 Å². The highest BCUT2D eigenvalue weighted by Crippen LogP contribution is 2.07. The number of carbonyl (C=O) groups excluding carboxylic acids is 4. The Morgan fingerprint density at radius 1 is 0.619 bits per heavy atom. The Labute approximate surface area is 258 Å². The van der Waals surface area contributed by atoms with Gasteiger partial charge in [-0.2, -0.15) is 37.0 Å². The van der Waals surface area contributed by atoms with Crippen molar-refractivity contribution in [3.63, 3.8) is 0 Å². The van der Waals surface area contributed by atoms with E-state index in [1.165, 1.54) is 11.8 Å². The van der Waals surface area contributed by atoms with Gasteiger partial charge in [-0.15, -0.1) is 0 Å². The fourth-order valence-electron chi connectivity index (χ4n) is 3.15. The number of thiol groups is 2. The molecule has 14 nitrogen and oxygen atoms in total. The lowest BCUT2D eigenvalue weighted by Gasteiger charge is -2.14. The Morgan fingerprint density at radius 2 is 0.952 bits per heavy atom. The Morgan fingerprint density at radius 3 is 1.29 bits per heavy atom. The molecule has 0 radical (unpaired) electrons. The topological polar surface area (TPSA) is 171 Å². The van der Waals surface area contributed by atoms with Gasteiger partial charge in [-0.05, 0) is 5.92 Å². The van der Waals surface area contributed by atoms with Gasteiger partial charge in [0.15, 0.2) is 0 Å². The molecule has 0 spiro atoms. The maximum atomic E-state index is 13.0. The van der Waals surface area contributed by atoms with Crippen LogP contribution in [0, 0.1) is 5.92 Å². The van der Waals surface area contributed by atoms with Crippen molar-refractivity contribution in [3.05, 3.63) is 31.5 Å². The number of hydrogen-bond donors (Lipinski definition) is 2. The standard InChI is InChI=1S/C25H39N3O11S3/c1-18(2)17-39-22(32)6-16-42-15-5-21(31)38-12-9-28-24(34)26(7-10-36-19(29)3-13-40)23(33)27(25(28)35)8-11-37-20(30)4-14-41/h18,40-41H,3-17H2,1-2H3. The molecule has 0 unspecified atom stereocenters. The number of aromatic nitrogens is 3. The largest absolute Gasteiger partial charge is 0.465 e. The molecule has 0 saturated heterocycles. The van der Waals surface area contributed by atoms with Crippen LogP contribution in [0.3, 0.4) is 0 Å². The average Bonchev–Trinajstić information content (AvgIpc) is 2.93. The Balaban J connectivity index is 2.81. The number of esters is 4. The van der Waals surface area contributed by atoms with Gasteiger partial charge in [-0.25, -0.2) is 28.1 Å². The molecule has 0 aromatic carbocycles. The zero-order valence-electron chi connectivity index (χ0n) is 23.8. The first kappa shape index (κ1) is 37.4. The van der Waals surface area contributed by atoms with Crippen LogP contribution in [0.1, 0.15) is 39.5 Å². The van der Waals surface area contributed by atoms with E-state index in [9.17, 15) is 33.6 Å². The van der Waals surface area contributed by atoms with Crippen LogP contribution < -0.4 is 17.1 Å². The summed E-state index contributed by atoms with van der Waals surface area (Å²) in [7, 11) is 0. The van der Waals surface area contributed by atoms with Gasteiger partial charge in [-0.3, -0.25) is 19.2 Å². The molecular weight excluding hydrogens is 614 g/mol. The molecule has 1 rings (SSSR count). The molecule has 0 aliphatic heterocycles. The third-order valence-electron chi connectivity index (χ3n) is 5.23. The molecule has 0 bridgehead atoms. The van der Waals surface area contributed by atoms with Gasteiger partial charge >= 0.3 is 40.9 Å². The summed E-state index contributed by atoms with van der Waals surface area (Å²) in [6.45, 7) is 2.27. The van der Waals surface area contributed by atoms with Gasteiger partial charge in [-0.1, -0.05) is 13.8 Å². The van der Waals surface area contributed by atoms with Crippen molar-refractivity contribution in [2.45, 2.75) is 59.2 Å². The van der Waals surface area contributed by atoms with Crippen LogP contribution in [0.4, 0.5) is 0 Å². The molecule has 0 N–H and O–H groups in total. The van der Waals surface area contributed by atoms with E-state index in [1.807, 2.05) is 13.8 Å². The Hall–Kier alpha value is -2.66. The molecule has 42 heavy (non-hydrogen) atoms. The minimum absolute atomic E-state index is 0.0358. The van der Waals surface area contributed by atoms with E-state index in [0.717, 1.165) is 13.7 Å². The SMILES string of the molecule is CC(C)COC(=O)CCSCCC(=O)OCCn1c(=O)n(CCOC(=O)CCS)c(=O)n(CCOC(=O)CCS)c1=O. The van der Waals surface area contributed by atoms with Crippen LogP contribution >= 0.6 is 37.0 Å². The summed E-state index contributed by atoms with van der Waals surface area (Å²) in [5.74, 6) is -0.376. The van der Waals surface area contributed by atoms with E-state index in [1.54, 1.807) is 0 Å². The van der Waals surface area contributed by atoms with Crippen molar-refractivity contribution in [2.75, 3.05) is 49.4 Å². The molecule has 0 aliphatic carbocycles. The zero-order valence-corrected chi connectivity index (χ0v) is 26.4. The number of carbonyl (C=O) groups is 4. The molecule has 1 aromatic rings. The highest BCUT2D eigenvalue weighted by Gasteiger charge is 2.17. The van der Waals surface area contributed by atoms with Crippen LogP contribution in [0.5, 0.6) is 0 Å². The smallest absolute Gasteiger partial charge is 0.336 e. The van der Waals surface area contributed by atoms with Crippen molar-refractivity contribution in [1.82, 2.24) is 13.7 Å². The van der Waals surface area contributed by atoms with Crippen LogP contribution in [0.2, 0.25) is 0 Å². The predicted octanol–water partition coefficient (Wildman–Crippen LogP) is 0.154. The number of nitrogens with zero attached hydrogens (tertiary/aromatic N) is 3. The molecule has 0 amide bonds. The Kier molecular flexibility index (Phi) is 18.8. The van der Waals surface area contributed by atoms with Gasteiger partial charge in [0.25, 0.3) is 0 Å². The lowest BCUT2D eigenvalue weighted by atomic mass is 10.2. The van der Waals surface area contributed by atoms with Gasteiger partial charge in [0, 0.05) is 23.0 Å². The summed E-state index contributed by atoms with van der Waals surface area (Å²) >= 11 is 9.25. The maximum Gasteiger partial charge on any atom is 0.336 e. The number of ether oxygens (including phenoxy) is 4. The molecule has 1 aromatic heterocycles. The zero-order chi connectivity index (χ0) is 31.5. The molecule has 238 valence electrons. The monoisotopic (exact) mass is 653 g/mol. The molecular formula is C25H39N3O11S3. The number of hydrogen-bond acceptors (Lipinski definition) is 14. The van der Waals surface area contributed by atoms with Crippen LogP contribution in [-0.4, -0.2) is 87.0 Å². The summed E-state index contributed by atoms with van der Waals surface area (Å²) in [6, 6.07) is 0. The first-order valence-corrected chi connectivity index (χ1v) is 15.8. The highest BCUT2D eigenvalue weighted by molar-refractivity contribution is 7.99. The van der Waals surface area contributed by atoms with Crippen molar-refractivity contribution in [2.24, 2.45) is 5.92 Å². The third-order valence-corrected chi connectivity index (χ3v) is 6.66. The van der Waals surface area contributed by atoms with Crippen molar-refractivity contribution >= 4 is 60.9 Å². The molecule has 0 fully saturated rings. The van der Waals surface area contributed by atoms with Crippen LogP contribution in [0.15, 0.2) is 14.4 Å². The van der Waals surface area contributed by atoms with Gasteiger partial charge in [0.2, 0.25) is 0 Å². The van der Waals surface area contributed by atoms with Crippen molar-refractivity contribution in [1.29, 1.82) is 0 Å². The summed E-state index contributed by atoms with van der Waals surface area (Å²) in [6.07, 6.45) is 0.335. The molecule has 0 saturated carbocycles. The minimum atomic E-state index is -0.977. The van der Waals surface area contributed by atoms with Crippen molar-refractivity contribution < 1.29 is 38.1 Å². The van der Waals surface area contributed by atoms with E-state index in [4.69, 9.17) is 18.9 Å². The van der Waals surface area contributed by atoms with Gasteiger partial charge < -0.3 is 18.9 Å². The summed E-state index contributed by atoms with van der Waals surface area (Å²) in [5.41, 5.74) is -2.93. The normalized spacial score (nSPS) is 10.9. The van der Waals surface area contributed by atoms with Gasteiger partial charge in [0.05, 0.1) is 51.9 Å². The second-order valence-corrected chi connectivity index (χ2v) is 11.2. The Bertz CT molecular complexity index is 1150. The van der Waals surface area contributed by atoms with Crippen LogP contribution in [-0.2, 0) is 57.8 Å². The first-order valence-electron chi connectivity index (χ1n) is 13.4. The van der Waals surface area contributed by atoms with E-state index in [-0.39, 0.29) is 88.5 Å². The maximum absolute atomic E-state index is 13.0. The lowest BCUT2D eigenvalue weighted by Crippen LogP contribution is -2.55. The molecule has 1 heterocycles. The second kappa shape index (κ2) is 21.1. The molecule has 0 aliphatic rings. The van der Waals surface area contributed by atoms with E-state index >= 15 is 0 Å². The van der Waals surface area contributed by atoms with E-state index in [2.05, 4.69) is 25.3 Å². The fraction of sp³-hybridized carbons (Fsp3) is 0.720. The van der Waals surface area contributed by atoms with Crippen LogP contribution in [0.25, 0.3) is 0 Å². The first-order chi connectivity index (χ1) is 20.0.